The molecule has 0 saturated heterocycles. The average Bonchev–Trinajstić information content (AvgIpc) is 2.21. The van der Waals surface area contributed by atoms with Crippen LogP contribution in [0.25, 0.3) is 0 Å². The van der Waals surface area contributed by atoms with Crippen molar-refractivity contribution in [2.24, 2.45) is 0 Å². The second kappa shape index (κ2) is 7.84. The summed E-state index contributed by atoms with van der Waals surface area (Å²) in [6.45, 7) is 7.33. The number of rotatable bonds is 7. The molecule has 0 aromatic carbocycles. The van der Waals surface area contributed by atoms with Gasteiger partial charge in [0.15, 0.2) is 0 Å². The third-order valence-corrected chi connectivity index (χ3v) is 1.94. The summed E-state index contributed by atoms with van der Waals surface area (Å²) >= 11 is 0. The van der Waals surface area contributed by atoms with E-state index in [2.05, 4.69) is 0 Å². The van der Waals surface area contributed by atoms with Gasteiger partial charge < -0.3 is 9.47 Å². The molecule has 0 aliphatic rings. The molecule has 0 bridgehead atoms. The minimum absolute atomic E-state index is 0.0545. The van der Waals surface area contributed by atoms with E-state index in [1.165, 1.54) is 0 Å². The molecule has 0 rings (SSSR count). The van der Waals surface area contributed by atoms with Gasteiger partial charge in [-0.05, 0) is 27.7 Å². The van der Waals surface area contributed by atoms with Crippen LogP contribution in [0.1, 0.15) is 53.4 Å². The van der Waals surface area contributed by atoms with Crippen molar-refractivity contribution in [3.63, 3.8) is 0 Å². The fourth-order valence-corrected chi connectivity index (χ4v) is 1.23. The molecular formula is C13H22O5. The Kier molecular flexibility index (Phi) is 7.24. The number of Topliss-reactive ketones (excluding diaryl/α,β-unsaturated/α-hetero) is 1. The number of hydrogen-bond donors (Lipinski definition) is 0. The minimum Gasteiger partial charge on any atom is -0.466 e. The molecule has 0 N–H and O–H groups in total. The lowest BCUT2D eigenvalue weighted by Gasteiger charge is -2.19. The number of hydrogen-bond acceptors (Lipinski definition) is 5. The van der Waals surface area contributed by atoms with E-state index in [-0.39, 0.29) is 37.4 Å². The standard InChI is InChI=1S/C13H22O5/c1-5-17-11(15)8-6-10(14)7-9-12(16)18-13(2,3)4/h5-9H2,1-4H3. The highest BCUT2D eigenvalue weighted by atomic mass is 16.6. The highest BCUT2D eigenvalue weighted by molar-refractivity contribution is 5.85. The van der Waals surface area contributed by atoms with E-state index in [1.54, 1.807) is 27.7 Å². The van der Waals surface area contributed by atoms with Crippen LogP contribution in [0.4, 0.5) is 0 Å². The van der Waals surface area contributed by atoms with E-state index in [4.69, 9.17) is 9.47 Å². The lowest BCUT2D eigenvalue weighted by Crippen LogP contribution is -2.24. The Balaban J connectivity index is 3.77. The lowest BCUT2D eigenvalue weighted by atomic mass is 10.1. The molecule has 18 heavy (non-hydrogen) atoms. The normalized spacial score (nSPS) is 10.9. The van der Waals surface area contributed by atoms with E-state index in [0.717, 1.165) is 0 Å². The molecule has 0 spiro atoms. The van der Waals surface area contributed by atoms with Crippen LogP contribution in [-0.4, -0.2) is 29.9 Å². The highest BCUT2D eigenvalue weighted by Gasteiger charge is 2.17. The quantitative estimate of drug-likeness (QED) is 0.653. The van der Waals surface area contributed by atoms with Crippen LogP contribution in [0.15, 0.2) is 0 Å². The summed E-state index contributed by atoms with van der Waals surface area (Å²) < 4.78 is 9.77. The molecule has 5 heteroatoms. The molecule has 104 valence electrons. The van der Waals surface area contributed by atoms with Crippen molar-refractivity contribution in [3.05, 3.63) is 0 Å². The molecule has 0 aromatic rings. The summed E-state index contributed by atoms with van der Waals surface area (Å²) in [5.74, 6) is -0.913. The van der Waals surface area contributed by atoms with Crippen molar-refractivity contribution in [2.45, 2.75) is 59.0 Å². The summed E-state index contributed by atoms with van der Waals surface area (Å²) in [5.41, 5.74) is -0.537. The summed E-state index contributed by atoms with van der Waals surface area (Å²) in [4.78, 5) is 33.8. The Bertz CT molecular complexity index is 301. The van der Waals surface area contributed by atoms with Gasteiger partial charge in [-0.2, -0.15) is 0 Å². The molecule has 0 heterocycles. The van der Waals surface area contributed by atoms with Gasteiger partial charge in [0.1, 0.15) is 11.4 Å². The Morgan fingerprint density at radius 2 is 1.39 bits per heavy atom. The predicted molar refractivity (Wildman–Crippen MR) is 66.0 cm³/mol. The SMILES string of the molecule is CCOC(=O)CCC(=O)CCC(=O)OC(C)(C)C. The van der Waals surface area contributed by atoms with E-state index >= 15 is 0 Å². The number of carbonyl (C=O) groups is 3. The van der Waals surface area contributed by atoms with Gasteiger partial charge in [-0.1, -0.05) is 0 Å². The maximum atomic E-state index is 11.4. The van der Waals surface area contributed by atoms with Crippen LogP contribution >= 0.6 is 0 Å². The van der Waals surface area contributed by atoms with Crippen LogP contribution in [0.3, 0.4) is 0 Å². The summed E-state index contributed by atoms with van der Waals surface area (Å²) in [6, 6.07) is 0. The third-order valence-electron chi connectivity index (χ3n) is 1.94. The van der Waals surface area contributed by atoms with Gasteiger partial charge in [-0.25, -0.2) is 0 Å². The van der Waals surface area contributed by atoms with Gasteiger partial charge in [-0.15, -0.1) is 0 Å². The Morgan fingerprint density at radius 3 is 1.83 bits per heavy atom. The third kappa shape index (κ3) is 9.81. The van der Waals surface area contributed by atoms with Gasteiger partial charge in [-0.3, -0.25) is 14.4 Å². The van der Waals surface area contributed by atoms with Crippen molar-refractivity contribution in [3.8, 4) is 0 Å². The summed E-state index contributed by atoms with van der Waals surface area (Å²) in [6.07, 6.45) is 0.343. The monoisotopic (exact) mass is 258 g/mol. The Morgan fingerprint density at radius 1 is 0.889 bits per heavy atom. The molecule has 0 aromatic heterocycles. The summed E-state index contributed by atoms with van der Waals surface area (Å²) in [5, 5.41) is 0. The van der Waals surface area contributed by atoms with Gasteiger partial charge in [0.2, 0.25) is 0 Å². The lowest BCUT2D eigenvalue weighted by molar-refractivity contribution is -0.155. The van der Waals surface area contributed by atoms with E-state index in [1.807, 2.05) is 0 Å². The zero-order valence-electron chi connectivity index (χ0n) is 11.6. The first kappa shape index (κ1) is 16.6. The molecule has 0 aliphatic carbocycles. The van der Waals surface area contributed by atoms with Crippen molar-refractivity contribution in [1.29, 1.82) is 0 Å². The van der Waals surface area contributed by atoms with Gasteiger partial charge in [0.05, 0.1) is 19.4 Å². The molecule has 0 amide bonds. The van der Waals surface area contributed by atoms with Crippen molar-refractivity contribution < 1.29 is 23.9 Å². The van der Waals surface area contributed by atoms with Gasteiger partial charge in [0.25, 0.3) is 0 Å². The van der Waals surface area contributed by atoms with Crippen LogP contribution in [0, 0.1) is 0 Å². The first-order valence-corrected chi connectivity index (χ1v) is 6.13. The smallest absolute Gasteiger partial charge is 0.306 e. The molecular weight excluding hydrogens is 236 g/mol. The molecule has 0 aliphatic heterocycles. The van der Waals surface area contributed by atoms with E-state index in [9.17, 15) is 14.4 Å². The van der Waals surface area contributed by atoms with Crippen molar-refractivity contribution in [1.82, 2.24) is 0 Å². The molecule has 0 radical (unpaired) electrons. The van der Waals surface area contributed by atoms with E-state index < -0.39 is 11.6 Å². The predicted octanol–water partition coefficient (Wildman–Crippen LogP) is 2.02. The van der Waals surface area contributed by atoms with Crippen LogP contribution in [0.5, 0.6) is 0 Å². The topological polar surface area (TPSA) is 69.7 Å². The first-order valence-electron chi connectivity index (χ1n) is 6.13. The number of ketones is 1. The Hall–Kier alpha value is -1.39. The van der Waals surface area contributed by atoms with Gasteiger partial charge >= 0.3 is 11.9 Å². The molecule has 0 unspecified atom stereocenters. The maximum absolute atomic E-state index is 11.4. The number of carbonyl (C=O) groups excluding carboxylic acids is 3. The van der Waals surface area contributed by atoms with Gasteiger partial charge in [0, 0.05) is 12.8 Å². The number of esters is 2. The highest BCUT2D eigenvalue weighted by Crippen LogP contribution is 2.10. The van der Waals surface area contributed by atoms with Crippen molar-refractivity contribution >= 4 is 17.7 Å². The second-order valence-corrected chi connectivity index (χ2v) is 4.93. The largest absolute Gasteiger partial charge is 0.466 e. The van der Waals surface area contributed by atoms with Crippen molar-refractivity contribution in [2.75, 3.05) is 6.61 Å². The molecule has 5 nitrogen and oxygen atoms in total. The second-order valence-electron chi connectivity index (χ2n) is 4.93. The van der Waals surface area contributed by atoms with Crippen LogP contribution in [-0.2, 0) is 23.9 Å². The zero-order chi connectivity index (χ0) is 14.2. The minimum atomic E-state index is -0.537. The average molecular weight is 258 g/mol. The van der Waals surface area contributed by atoms with Crippen LogP contribution in [0.2, 0.25) is 0 Å². The molecule has 0 saturated carbocycles. The zero-order valence-corrected chi connectivity index (χ0v) is 11.6. The first-order chi connectivity index (χ1) is 8.24. The Labute approximate surface area is 108 Å². The summed E-state index contributed by atoms with van der Waals surface area (Å²) in [7, 11) is 0. The van der Waals surface area contributed by atoms with Crippen LogP contribution < -0.4 is 0 Å². The molecule has 0 atom stereocenters. The molecule has 0 fully saturated rings. The number of ether oxygens (including phenoxy) is 2. The fraction of sp³-hybridized carbons (Fsp3) is 0.769. The fourth-order valence-electron chi connectivity index (χ4n) is 1.23. The maximum Gasteiger partial charge on any atom is 0.306 e. The van der Waals surface area contributed by atoms with E-state index in [0.29, 0.717) is 6.61 Å².